The highest BCUT2D eigenvalue weighted by Gasteiger charge is 2.13. The first-order valence-corrected chi connectivity index (χ1v) is 12.4. The Bertz CT molecular complexity index is 1280. The van der Waals surface area contributed by atoms with Gasteiger partial charge in [0.2, 0.25) is 11.8 Å². The minimum absolute atomic E-state index is 0.00980. The van der Waals surface area contributed by atoms with Crippen molar-refractivity contribution < 1.29 is 19.1 Å². The van der Waals surface area contributed by atoms with Gasteiger partial charge in [0.25, 0.3) is 0 Å². The molecule has 0 fully saturated rings. The fourth-order valence-corrected chi connectivity index (χ4v) is 4.03. The van der Waals surface area contributed by atoms with Crippen LogP contribution in [0.25, 0.3) is 0 Å². The van der Waals surface area contributed by atoms with Crippen molar-refractivity contribution in [2.45, 2.75) is 33.3 Å². The van der Waals surface area contributed by atoms with E-state index in [2.05, 4.69) is 31.8 Å². The van der Waals surface area contributed by atoms with E-state index in [1.54, 1.807) is 18.2 Å². The van der Waals surface area contributed by atoms with Gasteiger partial charge in [0, 0.05) is 29.1 Å². The second kappa shape index (κ2) is 13.1. The average molecular weight is 573 g/mol. The summed E-state index contributed by atoms with van der Waals surface area (Å²) < 4.78 is 12.0. The molecule has 0 aliphatic carbocycles. The van der Waals surface area contributed by atoms with Gasteiger partial charge < -0.3 is 14.8 Å². The number of hydrogen-bond acceptors (Lipinski definition) is 5. The van der Waals surface area contributed by atoms with Crippen LogP contribution in [0.4, 0.5) is 5.69 Å². The fraction of sp³-hybridized carbons (Fsp3) is 0.222. The van der Waals surface area contributed by atoms with E-state index in [0.29, 0.717) is 26.6 Å². The highest BCUT2D eigenvalue weighted by atomic mass is 79.9. The number of carbonyl (C=O) groups excluding carboxylic acids is 2. The molecule has 0 aromatic heterocycles. The molecular weight excluding hydrogens is 546 g/mol. The number of nitrogens with one attached hydrogen (secondary N) is 2. The van der Waals surface area contributed by atoms with Gasteiger partial charge in [-0.25, -0.2) is 5.43 Å². The van der Waals surface area contributed by atoms with Crippen LogP contribution in [-0.2, 0) is 16.2 Å². The summed E-state index contributed by atoms with van der Waals surface area (Å²) >= 11 is 9.70. The monoisotopic (exact) mass is 571 g/mol. The average Bonchev–Trinajstić information content (AvgIpc) is 2.85. The Morgan fingerprint density at radius 2 is 1.81 bits per heavy atom. The van der Waals surface area contributed by atoms with E-state index < -0.39 is 0 Å². The number of carbonyl (C=O) groups is 2. The van der Waals surface area contributed by atoms with Gasteiger partial charge in [-0.1, -0.05) is 41.9 Å². The highest BCUT2D eigenvalue weighted by Crippen LogP contribution is 2.37. The van der Waals surface area contributed by atoms with Gasteiger partial charge in [-0.3, -0.25) is 9.59 Å². The van der Waals surface area contributed by atoms with Crippen LogP contribution >= 0.6 is 27.5 Å². The minimum Gasteiger partial charge on any atom is -0.493 e. The lowest BCUT2D eigenvalue weighted by Crippen LogP contribution is -2.21. The molecule has 3 aromatic carbocycles. The van der Waals surface area contributed by atoms with E-state index in [1.807, 2.05) is 50.2 Å². The first-order chi connectivity index (χ1) is 17.3. The summed E-state index contributed by atoms with van der Waals surface area (Å²) in [5, 5.41) is 7.45. The number of ether oxygens (including phenoxy) is 2. The molecule has 0 aliphatic heterocycles. The summed E-state index contributed by atoms with van der Waals surface area (Å²) in [7, 11) is 1.54. The highest BCUT2D eigenvalue weighted by molar-refractivity contribution is 9.10. The van der Waals surface area contributed by atoms with Gasteiger partial charge in [-0.15, -0.1) is 0 Å². The smallest absolute Gasteiger partial charge is 0.240 e. The number of methoxy groups -OCH3 is 1. The summed E-state index contributed by atoms with van der Waals surface area (Å²) in [6.07, 6.45) is 1.54. The van der Waals surface area contributed by atoms with Crippen LogP contribution in [0.1, 0.15) is 35.1 Å². The first kappa shape index (κ1) is 27.2. The molecule has 9 heteroatoms. The van der Waals surface area contributed by atoms with E-state index in [0.717, 1.165) is 22.4 Å². The normalized spacial score (nSPS) is 10.8. The number of benzene rings is 3. The zero-order valence-electron chi connectivity index (χ0n) is 20.2. The molecule has 36 heavy (non-hydrogen) atoms. The second-order valence-corrected chi connectivity index (χ2v) is 9.34. The van der Waals surface area contributed by atoms with Gasteiger partial charge in [0.15, 0.2) is 11.5 Å². The molecule has 7 nitrogen and oxygen atoms in total. The van der Waals surface area contributed by atoms with Gasteiger partial charge >= 0.3 is 0 Å². The van der Waals surface area contributed by atoms with Crippen LogP contribution < -0.4 is 20.2 Å². The molecule has 0 aliphatic rings. The molecule has 0 radical (unpaired) electrons. The molecule has 0 saturated heterocycles. The molecule has 3 aromatic rings. The van der Waals surface area contributed by atoms with Crippen LogP contribution in [0.5, 0.6) is 11.5 Å². The number of anilines is 1. The number of halogens is 2. The standard InChI is InChI=1S/C27H27BrClN3O4/c1-17-8-9-18(2)23(12-17)31-25(33)10-11-26(34)32-30-15-19-13-21(28)27(24(14-19)35-3)36-16-20-6-4-5-7-22(20)29/h4-9,12-15H,10-11,16H2,1-3H3,(H,31,33)(H,32,34). The Balaban J connectivity index is 1.53. The summed E-state index contributed by atoms with van der Waals surface area (Å²) in [6, 6.07) is 16.8. The fourth-order valence-electron chi connectivity index (χ4n) is 3.26. The van der Waals surface area contributed by atoms with Crippen molar-refractivity contribution in [3.8, 4) is 11.5 Å². The number of amides is 2. The molecule has 3 rings (SSSR count). The van der Waals surface area contributed by atoms with E-state index >= 15 is 0 Å². The quantitative estimate of drug-likeness (QED) is 0.224. The lowest BCUT2D eigenvalue weighted by Gasteiger charge is -2.14. The van der Waals surface area contributed by atoms with Gasteiger partial charge in [0.1, 0.15) is 6.61 Å². The molecule has 2 amide bonds. The molecule has 188 valence electrons. The zero-order chi connectivity index (χ0) is 26.1. The molecule has 0 unspecified atom stereocenters. The minimum atomic E-state index is -0.368. The van der Waals surface area contributed by atoms with Crippen molar-refractivity contribution in [1.29, 1.82) is 0 Å². The van der Waals surface area contributed by atoms with Crippen LogP contribution in [0, 0.1) is 13.8 Å². The Morgan fingerprint density at radius 3 is 2.56 bits per heavy atom. The third-order valence-corrected chi connectivity index (χ3v) is 6.19. The largest absolute Gasteiger partial charge is 0.493 e. The van der Waals surface area contributed by atoms with E-state index in [4.69, 9.17) is 21.1 Å². The van der Waals surface area contributed by atoms with Crippen LogP contribution in [0.15, 0.2) is 64.2 Å². The molecule has 2 N–H and O–H groups in total. The third kappa shape index (κ3) is 7.83. The maximum atomic E-state index is 12.2. The number of rotatable bonds is 10. The van der Waals surface area contributed by atoms with Gasteiger partial charge in [-0.05, 0) is 70.7 Å². The molecule has 0 atom stereocenters. The van der Waals surface area contributed by atoms with Gasteiger partial charge in [-0.2, -0.15) is 5.10 Å². The van der Waals surface area contributed by atoms with Crippen molar-refractivity contribution in [3.63, 3.8) is 0 Å². The molecular formula is C27H27BrClN3O4. The molecule has 0 bridgehead atoms. The van der Waals surface area contributed by atoms with Crippen LogP contribution in [-0.4, -0.2) is 25.1 Å². The maximum absolute atomic E-state index is 12.2. The predicted molar refractivity (Wildman–Crippen MR) is 146 cm³/mol. The van der Waals surface area contributed by atoms with Crippen molar-refractivity contribution in [2.75, 3.05) is 12.4 Å². The molecule has 0 saturated carbocycles. The Kier molecular flexibility index (Phi) is 9.90. The van der Waals surface area contributed by atoms with E-state index in [-0.39, 0.29) is 31.3 Å². The topological polar surface area (TPSA) is 89.0 Å². The van der Waals surface area contributed by atoms with Crippen LogP contribution in [0.3, 0.4) is 0 Å². The summed E-state index contributed by atoms with van der Waals surface area (Å²) in [4.78, 5) is 24.3. The Hall–Kier alpha value is -3.36. The van der Waals surface area contributed by atoms with Crippen molar-refractivity contribution in [1.82, 2.24) is 5.43 Å². The first-order valence-electron chi connectivity index (χ1n) is 11.2. The number of nitrogens with zero attached hydrogens (tertiary/aromatic N) is 1. The Morgan fingerprint density at radius 1 is 1.06 bits per heavy atom. The van der Waals surface area contributed by atoms with Gasteiger partial charge in [0.05, 0.1) is 17.8 Å². The maximum Gasteiger partial charge on any atom is 0.240 e. The molecule has 0 heterocycles. The SMILES string of the molecule is COc1cc(C=NNC(=O)CCC(=O)Nc2cc(C)ccc2C)cc(Br)c1OCc1ccccc1Cl. The number of hydrazone groups is 1. The summed E-state index contributed by atoms with van der Waals surface area (Å²) in [5.74, 6) is 0.415. The van der Waals surface area contributed by atoms with E-state index in [1.165, 1.54) is 13.3 Å². The van der Waals surface area contributed by atoms with Crippen LogP contribution in [0.2, 0.25) is 5.02 Å². The Labute approximate surface area is 224 Å². The predicted octanol–water partition coefficient (Wildman–Crippen LogP) is 6.18. The zero-order valence-corrected chi connectivity index (χ0v) is 22.6. The lowest BCUT2D eigenvalue weighted by molar-refractivity contribution is -0.124. The van der Waals surface area contributed by atoms with E-state index in [9.17, 15) is 9.59 Å². The van der Waals surface area contributed by atoms with Crippen molar-refractivity contribution in [2.24, 2.45) is 5.10 Å². The van der Waals surface area contributed by atoms with Crippen molar-refractivity contribution in [3.05, 3.63) is 86.3 Å². The second-order valence-electron chi connectivity index (χ2n) is 8.07. The lowest BCUT2D eigenvalue weighted by atomic mass is 10.1. The number of hydrogen-bond donors (Lipinski definition) is 2. The summed E-state index contributed by atoms with van der Waals surface area (Å²) in [6.45, 7) is 4.15. The third-order valence-electron chi connectivity index (χ3n) is 5.23. The number of aryl methyl sites for hydroxylation is 2. The van der Waals surface area contributed by atoms with Crippen molar-refractivity contribution >= 4 is 51.2 Å². The molecule has 0 spiro atoms. The summed E-state index contributed by atoms with van der Waals surface area (Å²) in [5.41, 5.74) is 6.73.